The third kappa shape index (κ3) is 4.86. The molecule has 1 heterocycles. The number of ketones is 1. The van der Waals surface area contributed by atoms with Gasteiger partial charge in [0, 0.05) is 12.1 Å². The number of dihydropyridines is 1. The van der Waals surface area contributed by atoms with Gasteiger partial charge in [0.05, 0.1) is 22.6 Å². The Balaban J connectivity index is 2.93. The van der Waals surface area contributed by atoms with Gasteiger partial charge in [-0.2, -0.15) is 0 Å². The minimum Gasteiger partial charge on any atom is -0.489 e. The molecule has 0 bridgehead atoms. The summed E-state index contributed by atoms with van der Waals surface area (Å²) in [5.41, 5.74) is 0.775. The quantitative estimate of drug-likeness (QED) is 0.518. The highest BCUT2D eigenvalue weighted by atomic mass is 16.5. The summed E-state index contributed by atoms with van der Waals surface area (Å²) < 4.78 is 5.55. The van der Waals surface area contributed by atoms with Crippen LogP contribution in [0, 0.1) is 11.3 Å². The van der Waals surface area contributed by atoms with E-state index in [1.165, 1.54) is 0 Å². The van der Waals surface area contributed by atoms with Crippen LogP contribution < -0.4 is 5.32 Å². The predicted octanol–water partition coefficient (Wildman–Crippen LogP) is 2.29. The van der Waals surface area contributed by atoms with Crippen LogP contribution in [0.5, 0.6) is 0 Å². The van der Waals surface area contributed by atoms with Gasteiger partial charge in [0.25, 0.3) is 0 Å². The third-order valence-electron chi connectivity index (χ3n) is 2.90. The van der Waals surface area contributed by atoms with Crippen LogP contribution in [0.2, 0.25) is 0 Å². The van der Waals surface area contributed by atoms with Crippen LogP contribution in [-0.2, 0) is 9.53 Å². The number of hydrogen-bond donors (Lipinski definition) is 3. The van der Waals surface area contributed by atoms with E-state index in [4.69, 9.17) is 10.1 Å². The number of nitrogens with one attached hydrogen (secondary N) is 2. The summed E-state index contributed by atoms with van der Waals surface area (Å²) >= 11 is 0. The first-order valence-corrected chi connectivity index (χ1v) is 6.96. The topological polar surface area (TPSA) is 82.4 Å². The molecule has 0 aromatic carbocycles. The van der Waals surface area contributed by atoms with Crippen molar-refractivity contribution in [3.05, 3.63) is 34.9 Å². The molecule has 21 heavy (non-hydrogen) atoms. The fourth-order valence-corrected chi connectivity index (χ4v) is 1.75. The van der Waals surface area contributed by atoms with Gasteiger partial charge in [-0.15, -0.1) is 0 Å². The van der Waals surface area contributed by atoms with E-state index in [2.05, 4.69) is 5.32 Å². The molecular formula is C16H24N2O3. The largest absolute Gasteiger partial charge is 0.489 e. The number of ether oxygens (including phenoxy) is 1. The molecule has 0 unspecified atom stereocenters. The van der Waals surface area contributed by atoms with E-state index >= 15 is 0 Å². The Labute approximate surface area is 125 Å². The zero-order valence-corrected chi connectivity index (χ0v) is 13.3. The number of Topliss-reactive ketones (excluding diaryl/α,β-unsaturated/α-hetero) is 1. The molecule has 0 amide bonds. The van der Waals surface area contributed by atoms with Gasteiger partial charge in [-0.05, 0) is 32.9 Å². The Morgan fingerprint density at radius 3 is 2.52 bits per heavy atom. The Morgan fingerprint density at radius 1 is 1.48 bits per heavy atom. The minimum atomic E-state index is -0.912. The maximum atomic E-state index is 12.1. The van der Waals surface area contributed by atoms with Gasteiger partial charge in [-0.1, -0.05) is 13.8 Å². The van der Waals surface area contributed by atoms with Crippen LogP contribution >= 0.6 is 0 Å². The Bertz CT molecular complexity index is 520. The van der Waals surface area contributed by atoms with E-state index in [0.29, 0.717) is 17.0 Å². The second-order valence-corrected chi connectivity index (χ2v) is 6.04. The molecule has 0 aliphatic carbocycles. The Hall–Kier alpha value is -1.88. The van der Waals surface area contributed by atoms with E-state index in [1.807, 2.05) is 6.92 Å². The molecule has 0 saturated heterocycles. The van der Waals surface area contributed by atoms with E-state index in [0.717, 1.165) is 11.9 Å². The second kappa shape index (κ2) is 6.72. The first kappa shape index (κ1) is 17.2. The molecule has 5 heteroatoms. The van der Waals surface area contributed by atoms with Crippen molar-refractivity contribution in [2.75, 3.05) is 6.61 Å². The summed E-state index contributed by atoms with van der Waals surface area (Å²) in [6.45, 7) is 8.95. The van der Waals surface area contributed by atoms with Crippen molar-refractivity contribution in [2.45, 2.75) is 40.2 Å². The third-order valence-corrected chi connectivity index (χ3v) is 2.90. The van der Waals surface area contributed by atoms with Gasteiger partial charge in [0.15, 0.2) is 5.78 Å². The molecule has 1 aliphatic rings. The van der Waals surface area contributed by atoms with Crippen LogP contribution in [0.4, 0.5) is 0 Å². The lowest BCUT2D eigenvalue weighted by Crippen LogP contribution is -2.27. The number of rotatable bonds is 6. The van der Waals surface area contributed by atoms with Crippen molar-refractivity contribution >= 4 is 12.0 Å². The lowest BCUT2D eigenvalue weighted by Gasteiger charge is -2.23. The summed E-state index contributed by atoms with van der Waals surface area (Å²) in [6, 6.07) is 0. The molecule has 0 atom stereocenters. The molecule has 3 N–H and O–H groups in total. The molecule has 0 spiro atoms. The highest BCUT2D eigenvalue weighted by molar-refractivity contribution is 6.14. The summed E-state index contributed by atoms with van der Waals surface area (Å²) in [4.78, 5) is 12.1. The number of hydrogen-bond acceptors (Lipinski definition) is 5. The van der Waals surface area contributed by atoms with Crippen LogP contribution in [0.3, 0.4) is 0 Å². The Morgan fingerprint density at radius 2 is 2.10 bits per heavy atom. The van der Waals surface area contributed by atoms with Crippen LogP contribution in [0.15, 0.2) is 34.9 Å². The first-order valence-electron chi connectivity index (χ1n) is 6.96. The van der Waals surface area contributed by atoms with Gasteiger partial charge < -0.3 is 20.6 Å². The van der Waals surface area contributed by atoms with Crippen molar-refractivity contribution in [3.63, 3.8) is 0 Å². The second-order valence-electron chi connectivity index (χ2n) is 6.04. The average Bonchev–Trinajstić information content (AvgIpc) is 2.37. The predicted molar refractivity (Wildman–Crippen MR) is 82.9 cm³/mol. The summed E-state index contributed by atoms with van der Waals surface area (Å²) in [6.07, 6.45) is 4.53. The van der Waals surface area contributed by atoms with E-state index in [9.17, 15) is 9.90 Å². The number of carbonyl (C=O) groups excluding carboxylic acids is 1. The van der Waals surface area contributed by atoms with Crippen molar-refractivity contribution in [1.82, 2.24) is 5.32 Å². The molecular weight excluding hydrogens is 268 g/mol. The number of allylic oxidation sites excluding steroid dienone is 4. The zero-order chi connectivity index (χ0) is 16.2. The van der Waals surface area contributed by atoms with Crippen molar-refractivity contribution in [2.24, 2.45) is 5.92 Å². The highest BCUT2D eigenvalue weighted by Gasteiger charge is 2.20. The molecule has 0 aromatic rings. The SMILES string of the molecule is CC1=C(OCC(C)(C)O)C=C/C(=C(/C=N)C(=O)C(C)C)N1. The van der Waals surface area contributed by atoms with Crippen LogP contribution in [-0.4, -0.2) is 29.3 Å². The summed E-state index contributed by atoms with van der Waals surface area (Å²) in [5.74, 6) is 0.370. The molecule has 0 saturated carbocycles. The summed E-state index contributed by atoms with van der Waals surface area (Å²) in [5, 5.41) is 20.2. The standard InChI is InChI=1S/C16H24N2O3/c1-10(2)15(19)12(8-17)13-6-7-14(11(3)18-13)21-9-16(4,5)20/h6-8,10,17-18,20H,9H2,1-5H3/b13-12+,17-8?. The first-order chi connectivity index (χ1) is 9.65. The molecule has 0 aromatic heterocycles. The summed E-state index contributed by atoms with van der Waals surface area (Å²) in [7, 11) is 0. The highest BCUT2D eigenvalue weighted by Crippen LogP contribution is 2.19. The van der Waals surface area contributed by atoms with Gasteiger partial charge in [0.1, 0.15) is 12.4 Å². The monoisotopic (exact) mass is 292 g/mol. The van der Waals surface area contributed by atoms with Gasteiger partial charge in [-0.25, -0.2) is 0 Å². The lowest BCUT2D eigenvalue weighted by atomic mass is 9.99. The lowest BCUT2D eigenvalue weighted by molar-refractivity contribution is -0.117. The van der Waals surface area contributed by atoms with E-state index in [-0.39, 0.29) is 18.3 Å². The van der Waals surface area contributed by atoms with Gasteiger partial charge >= 0.3 is 0 Å². The van der Waals surface area contributed by atoms with Crippen molar-refractivity contribution in [3.8, 4) is 0 Å². The normalized spacial score (nSPS) is 17.7. The molecule has 0 radical (unpaired) electrons. The smallest absolute Gasteiger partial charge is 0.169 e. The molecule has 5 nitrogen and oxygen atoms in total. The Kier molecular flexibility index (Phi) is 5.49. The fraction of sp³-hybridized carbons (Fsp3) is 0.500. The average molecular weight is 292 g/mol. The number of carbonyl (C=O) groups is 1. The van der Waals surface area contributed by atoms with E-state index in [1.54, 1.807) is 39.8 Å². The maximum absolute atomic E-state index is 12.1. The minimum absolute atomic E-state index is 0.0780. The van der Waals surface area contributed by atoms with Gasteiger partial charge in [-0.3, -0.25) is 4.79 Å². The fourth-order valence-electron chi connectivity index (χ4n) is 1.75. The van der Waals surface area contributed by atoms with E-state index < -0.39 is 5.60 Å². The molecule has 116 valence electrons. The molecule has 1 rings (SSSR count). The van der Waals surface area contributed by atoms with Crippen LogP contribution in [0.25, 0.3) is 0 Å². The molecule has 1 aliphatic heterocycles. The van der Waals surface area contributed by atoms with Crippen molar-refractivity contribution in [1.29, 1.82) is 5.41 Å². The van der Waals surface area contributed by atoms with Crippen LogP contribution in [0.1, 0.15) is 34.6 Å². The van der Waals surface area contributed by atoms with Crippen molar-refractivity contribution < 1.29 is 14.6 Å². The molecule has 0 fully saturated rings. The zero-order valence-electron chi connectivity index (χ0n) is 13.3. The van der Waals surface area contributed by atoms with Gasteiger partial charge in [0.2, 0.25) is 0 Å². The number of aliphatic hydroxyl groups is 1. The maximum Gasteiger partial charge on any atom is 0.169 e.